The lowest BCUT2D eigenvalue weighted by Gasteiger charge is -2.11. The molecule has 0 saturated heterocycles. The Morgan fingerprint density at radius 1 is 1.18 bits per heavy atom. The number of hydrogen-bond donors (Lipinski definition) is 1. The zero-order chi connectivity index (χ0) is 20.5. The largest absolute Gasteiger partial charge is 0.573 e. The van der Waals surface area contributed by atoms with Crippen LogP contribution >= 0.6 is 0 Å². The summed E-state index contributed by atoms with van der Waals surface area (Å²) in [5, 5.41) is 18.5. The lowest BCUT2D eigenvalue weighted by atomic mass is 10.3. The van der Waals surface area contributed by atoms with Gasteiger partial charge in [-0.1, -0.05) is 0 Å². The van der Waals surface area contributed by atoms with E-state index in [9.17, 15) is 23.3 Å². The number of nitrogens with one attached hydrogen (secondary N) is 1. The number of aryl methyl sites for hydroxylation is 2. The molecule has 2 heterocycles. The summed E-state index contributed by atoms with van der Waals surface area (Å²) < 4.78 is 41.8. The summed E-state index contributed by atoms with van der Waals surface area (Å²) in [5.74, 6) is -0.587. The minimum atomic E-state index is -4.81. The van der Waals surface area contributed by atoms with Gasteiger partial charge in [-0.05, 0) is 44.2 Å². The molecule has 28 heavy (non-hydrogen) atoms. The molecule has 0 bridgehead atoms. The Labute approximate surface area is 155 Å². The first kappa shape index (κ1) is 19.1. The average Bonchev–Trinajstić information content (AvgIpc) is 2.93. The Bertz CT molecular complexity index is 1020. The van der Waals surface area contributed by atoms with E-state index in [-0.39, 0.29) is 17.3 Å². The van der Waals surface area contributed by atoms with Gasteiger partial charge in [0.2, 0.25) is 11.6 Å². The van der Waals surface area contributed by atoms with Crippen molar-refractivity contribution in [2.45, 2.75) is 20.2 Å². The molecular formula is C16H13F3N6O3. The predicted octanol–water partition coefficient (Wildman–Crippen LogP) is 3.83. The molecular weight excluding hydrogens is 381 g/mol. The van der Waals surface area contributed by atoms with Crippen LogP contribution in [0.4, 0.5) is 30.4 Å². The summed E-state index contributed by atoms with van der Waals surface area (Å²) >= 11 is 0. The van der Waals surface area contributed by atoms with Crippen LogP contribution in [0.25, 0.3) is 5.82 Å². The van der Waals surface area contributed by atoms with Crippen LogP contribution in [0.15, 0.2) is 36.7 Å². The molecule has 0 aliphatic heterocycles. The van der Waals surface area contributed by atoms with Crippen molar-refractivity contribution in [2.24, 2.45) is 0 Å². The highest BCUT2D eigenvalue weighted by atomic mass is 19.4. The fraction of sp³-hybridized carbons (Fsp3) is 0.188. The second kappa shape index (κ2) is 7.13. The van der Waals surface area contributed by atoms with Crippen molar-refractivity contribution in [3.63, 3.8) is 0 Å². The number of nitrogens with zero attached hydrogens (tertiary/aromatic N) is 5. The van der Waals surface area contributed by atoms with E-state index in [0.29, 0.717) is 11.4 Å². The number of benzene rings is 1. The smallest absolute Gasteiger partial charge is 0.406 e. The molecule has 0 radical (unpaired) electrons. The maximum Gasteiger partial charge on any atom is 0.573 e. The zero-order valence-corrected chi connectivity index (χ0v) is 14.6. The third-order valence-electron chi connectivity index (χ3n) is 3.55. The predicted molar refractivity (Wildman–Crippen MR) is 91.7 cm³/mol. The summed E-state index contributed by atoms with van der Waals surface area (Å²) in [6.07, 6.45) is -3.68. The van der Waals surface area contributed by atoms with E-state index in [4.69, 9.17) is 0 Å². The quantitative estimate of drug-likeness (QED) is 0.517. The number of nitro groups is 1. The van der Waals surface area contributed by atoms with Gasteiger partial charge in [0, 0.05) is 11.4 Å². The number of anilines is 2. The first-order valence-electron chi connectivity index (χ1n) is 7.80. The number of rotatable bonds is 5. The fourth-order valence-electron chi connectivity index (χ4n) is 2.50. The molecule has 1 aromatic carbocycles. The van der Waals surface area contributed by atoms with Gasteiger partial charge in [0.15, 0.2) is 0 Å². The van der Waals surface area contributed by atoms with E-state index < -0.39 is 22.7 Å². The molecule has 146 valence electrons. The van der Waals surface area contributed by atoms with Crippen LogP contribution in [0.3, 0.4) is 0 Å². The Hall–Kier alpha value is -3.70. The van der Waals surface area contributed by atoms with Gasteiger partial charge in [0.25, 0.3) is 0 Å². The maximum atomic E-state index is 12.2. The lowest BCUT2D eigenvalue weighted by Crippen LogP contribution is -2.17. The number of ether oxygens (including phenoxy) is 1. The van der Waals surface area contributed by atoms with Crippen LogP contribution in [-0.2, 0) is 0 Å². The molecule has 12 heteroatoms. The van der Waals surface area contributed by atoms with E-state index in [1.165, 1.54) is 16.8 Å². The summed E-state index contributed by atoms with van der Waals surface area (Å²) in [4.78, 5) is 18.8. The van der Waals surface area contributed by atoms with Crippen LogP contribution in [-0.4, -0.2) is 31.0 Å². The van der Waals surface area contributed by atoms with Gasteiger partial charge >= 0.3 is 12.0 Å². The van der Waals surface area contributed by atoms with Gasteiger partial charge in [-0.2, -0.15) is 5.10 Å². The standard InChI is InChI=1S/C16H13F3N6O3/c1-9-7-10(2)24(23-9)15-13(25(26)27)14(20-8-21-15)22-11-3-5-12(6-4-11)28-16(17,18)19/h3-8H,1-2H3,(H,20,21,22). The Balaban J connectivity index is 1.95. The van der Waals surface area contributed by atoms with Gasteiger partial charge in [0.05, 0.1) is 10.6 Å². The molecule has 3 aromatic rings. The van der Waals surface area contributed by atoms with Crippen LogP contribution in [0.5, 0.6) is 5.75 Å². The minimum absolute atomic E-state index is 0.0369. The van der Waals surface area contributed by atoms with Crippen LogP contribution < -0.4 is 10.1 Å². The SMILES string of the molecule is Cc1cc(C)n(-c2ncnc(Nc3ccc(OC(F)(F)F)cc3)c2[N+](=O)[O-])n1. The number of aromatic nitrogens is 4. The monoisotopic (exact) mass is 394 g/mol. The Morgan fingerprint density at radius 3 is 2.39 bits per heavy atom. The molecule has 9 nitrogen and oxygen atoms in total. The third kappa shape index (κ3) is 4.16. The molecule has 0 fully saturated rings. The average molecular weight is 394 g/mol. The van der Waals surface area contributed by atoms with E-state index in [2.05, 4.69) is 25.1 Å². The van der Waals surface area contributed by atoms with E-state index in [1.807, 2.05) is 0 Å². The van der Waals surface area contributed by atoms with Gasteiger partial charge in [-0.3, -0.25) is 10.1 Å². The van der Waals surface area contributed by atoms with Gasteiger partial charge in [0.1, 0.15) is 12.1 Å². The van der Waals surface area contributed by atoms with E-state index in [0.717, 1.165) is 18.5 Å². The van der Waals surface area contributed by atoms with Crippen molar-refractivity contribution in [3.8, 4) is 11.6 Å². The molecule has 0 spiro atoms. The summed E-state index contributed by atoms with van der Waals surface area (Å²) in [6.45, 7) is 3.46. The topological polar surface area (TPSA) is 108 Å². The lowest BCUT2D eigenvalue weighted by molar-refractivity contribution is -0.384. The molecule has 2 aromatic heterocycles. The second-order valence-corrected chi connectivity index (χ2v) is 5.69. The normalized spacial score (nSPS) is 11.3. The van der Waals surface area contributed by atoms with Crippen molar-refractivity contribution in [3.05, 3.63) is 58.2 Å². The molecule has 0 unspecified atom stereocenters. The Morgan fingerprint density at radius 2 is 1.86 bits per heavy atom. The molecule has 0 aliphatic carbocycles. The molecule has 1 N–H and O–H groups in total. The summed E-state index contributed by atoms with van der Waals surface area (Å²) in [5.41, 5.74) is 1.14. The van der Waals surface area contributed by atoms with Crippen molar-refractivity contribution >= 4 is 17.2 Å². The number of alkyl halides is 3. The number of halogens is 3. The zero-order valence-electron chi connectivity index (χ0n) is 14.6. The first-order valence-corrected chi connectivity index (χ1v) is 7.80. The molecule has 0 aliphatic rings. The van der Waals surface area contributed by atoms with E-state index >= 15 is 0 Å². The highest BCUT2D eigenvalue weighted by Crippen LogP contribution is 2.31. The highest BCUT2D eigenvalue weighted by molar-refractivity contribution is 5.70. The summed E-state index contributed by atoms with van der Waals surface area (Å²) in [6, 6.07) is 6.43. The van der Waals surface area contributed by atoms with E-state index in [1.54, 1.807) is 19.9 Å². The van der Waals surface area contributed by atoms with Gasteiger partial charge in [-0.15, -0.1) is 13.2 Å². The van der Waals surface area contributed by atoms with Crippen molar-refractivity contribution in [1.29, 1.82) is 0 Å². The fourth-order valence-corrected chi connectivity index (χ4v) is 2.50. The first-order chi connectivity index (χ1) is 13.1. The maximum absolute atomic E-state index is 12.2. The summed E-state index contributed by atoms with van der Waals surface area (Å²) in [7, 11) is 0. The minimum Gasteiger partial charge on any atom is -0.406 e. The van der Waals surface area contributed by atoms with Crippen LogP contribution in [0.2, 0.25) is 0 Å². The van der Waals surface area contributed by atoms with Crippen LogP contribution in [0, 0.1) is 24.0 Å². The van der Waals surface area contributed by atoms with Crippen molar-refractivity contribution in [2.75, 3.05) is 5.32 Å². The van der Waals surface area contributed by atoms with Crippen molar-refractivity contribution < 1.29 is 22.8 Å². The Kier molecular flexibility index (Phi) is 4.86. The third-order valence-corrected chi connectivity index (χ3v) is 3.55. The van der Waals surface area contributed by atoms with Crippen LogP contribution in [0.1, 0.15) is 11.4 Å². The molecule has 0 atom stereocenters. The van der Waals surface area contributed by atoms with Gasteiger partial charge < -0.3 is 10.1 Å². The van der Waals surface area contributed by atoms with Gasteiger partial charge in [-0.25, -0.2) is 14.6 Å². The number of hydrogen-bond acceptors (Lipinski definition) is 7. The van der Waals surface area contributed by atoms with Crippen molar-refractivity contribution in [1.82, 2.24) is 19.7 Å². The second-order valence-electron chi connectivity index (χ2n) is 5.69. The molecule has 0 amide bonds. The highest BCUT2D eigenvalue weighted by Gasteiger charge is 2.31. The molecule has 3 rings (SSSR count). The molecule has 0 saturated carbocycles.